The van der Waals surface area contributed by atoms with E-state index in [1.807, 2.05) is 54.6 Å². The second-order valence-electron chi connectivity index (χ2n) is 5.07. The topological polar surface area (TPSA) is 69.4 Å². The third-order valence-corrected chi connectivity index (χ3v) is 3.49. The van der Waals surface area contributed by atoms with E-state index in [1.54, 1.807) is 20.2 Å². The third-order valence-electron chi connectivity index (χ3n) is 3.49. The molecule has 0 atom stereocenters. The standard InChI is InChI=1S/C18H16N4O2/c1-13-20-21-17(14-8-4-3-5-9-14)18(23)22(13)19-12-15-10-6-7-11-16(15)24-2/h3-12H,1-2H3. The van der Waals surface area contributed by atoms with E-state index in [2.05, 4.69) is 15.3 Å². The lowest BCUT2D eigenvalue weighted by molar-refractivity contribution is 0.414. The van der Waals surface area contributed by atoms with Crippen molar-refractivity contribution in [2.75, 3.05) is 7.11 Å². The van der Waals surface area contributed by atoms with Crippen LogP contribution in [0.15, 0.2) is 64.5 Å². The number of hydrogen-bond donors (Lipinski definition) is 0. The van der Waals surface area contributed by atoms with E-state index in [1.165, 1.54) is 4.68 Å². The van der Waals surface area contributed by atoms with E-state index in [-0.39, 0.29) is 11.3 Å². The lowest BCUT2D eigenvalue weighted by Gasteiger charge is -2.06. The average molecular weight is 320 g/mol. The molecule has 0 fully saturated rings. The Bertz CT molecular complexity index is 933. The molecule has 120 valence electrons. The molecule has 0 spiro atoms. The minimum absolute atomic E-state index is 0.262. The molecule has 0 bridgehead atoms. The average Bonchev–Trinajstić information content (AvgIpc) is 2.62. The molecule has 2 aromatic carbocycles. The molecule has 24 heavy (non-hydrogen) atoms. The number of hydrogen-bond acceptors (Lipinski definition) is 5. The number of aryl methyl sites for hydroxylation is 1. The zero-order chi connectivity index (χ0) is 16.9. The van der Waals surface area contributed by atoms with Gasteiger partial charge in [-0.05, 0) is 19.1 Å². The first-order valence-corrected chi connectivity index (χ1v) is 7.40. The molecule has 0 radical (unpaired) electrons. The van der Waals surface area contributed by atoms with Crippen LogP contribution in [0.2, 0.25) is 0 Å². The smallest absolute Gasteiger partial charge is 0.301 e. The van der Waals surface area contributed by atoms with Crippen molar-refractivity contribution >= 4 is 6.21 Å². The molecular formula is C18H16N4O2. The molecule has 0 aliphatic carbocycles. The van der Waals surface area contributed by atoms with Crippen molar-refractivity contribution in [3.8, 4) is 17.0 Å². The quantitative estimate of drug-likeness (QED) is 0.693. The molecule has 0 aliphatic heterocycles. The summed E-state index contributed by atoms with van der Waals surface area (Å²) in [6.07, 6.45) is 1.57. The summed E-state index contributed by atoms with van der Waals surface area (Å²) in [4.78, 5) is 12.7. The highest BCUT2D eigenvalue weighted by molar-refractivity contribution is 5.83. The zero-order valence-corrected chi connectivity index (χ0v) is 13.4. The van der Waals surface area contributed by atoms with Crippen LogP contribution in [0.5, 0.6) is 5.75 Å². The van der Waals surface area contributed by atoms with Crippen molar-refractivity contribution in [1.82, 2.24) is 14.9 Å². The van der Waals surface area contributed by atoms with E-state index < -0.39 is 0 Å². The van der Waals surface area contributed by atoms with Crippen LogP contribution >= 0.6 is 0 Å². The van der Waals surface area contributed by atoms with Crippen molar-refractivity contribution in [3.05, 3.63) is 76.3 Å². The molecule has 6 heteroatoms. The maximum atomic E-state index is 12.7. The fourth-order valence-electron chi connectivity index (χ4n) is 2.26. The van der Waals surface area contributed by atoms with E-state index in [0.717, 1.165) is 5.56 Å². The predicted molar refractivity (Wildman–Crippen MR) is 92.5 cm³/mol. The van der Waals surface area contributed by atoms with Crippen molar-refractivity contribution in [3.63, 3.8) is 0 Å². The van der Waals surface area contributed by atoms with E-state index >= 15 is 0 Å². The largest absolute Gasteiger partial charge is 0.496 e. The van der Waals surface area contributed by atoms with Gasteiger partial charge in [-0.25, -0.2) is 0 Å². The first-order chi connectivity index (χ1) is 11.7. The van der Waals surface area contributed by atoms with Crippen LogP contribution in [0.3, 0.4) is 0 Å². The van der Waals surface area contributed by atoms with Crippen molar-refractivity contribution < 1.29 is 4.74 Å². The van der Waals surface area contributed by atoms with Gasteiger partial charge in [-0.3, -0.25) is 4.79 Å². The summed E-state index contributed by atoms with van der Waals surface area (Å²) in [5.74, 6) is 1.09. The molecule has 3 aromatic rings. The number of methoxy groups -OCH3 is 1. The summed E-state index contributed by atoms with van der Waals surface area (Å²) in [7, 11) is 1.59. The minimum Gasteiger partial charge on any atom is -0.496 e. The van der Waals surface area contributed by atoms with Crippen molar-refractivity contribution in [2.24, 2.45) is 5.10 Å². The molecule has 1 heterocycles. The van der Waals surface area contributed by atoms with Gasteiger partial charge in [0.05, 0.1) is 13.3 Å². The number of para-hydroxylation sites is 1. The Hall–Kier alpha value is -3.28. The third kappa shape index (κ3) is 3.08. The number of nitrogens with zero attached hydrogens (tertiary/aromatic N) is 4. The molecule has 0 N–H and O–H groups in total. The molecule has 0 saturated heterocycles. The monoisotopic (exact) mass is 320 g/mol. The molecule has 3 rings (SSSR count). The Labute approximate surface area is 139 Å². The molecule has 0 unspecified atom stereocenters. The maximum Gasteiger partial charge on any atom is 0.301 e. The van der Waals surface area contributed by atoms with Gasteiger partial charge in [0.15, 0.2) is 11.5 Å². The van der Waals surface area contributed by atoms with Crippen molar-refractivity contribution in [1.29, 1.82) is 0 Å². The maximum absolute atomic E-state index is 12.7. The Morgan fingerprint density at radius 2 is 1.75 bits per heavy atom. The predicted octanol–water partition coefficient (Wildman–Crippen LogP) is 2.50. The second-order valence-corrected chi connectivity index (χ2v) is 5.07. The fourth-order valence-corrected chi connectivity index (χ4v) is 2.26. The van der Waals surface area contributed by atoms with Gasteiger partial charge in [-0.2, -0.15) is 9.78 Å². The highest BCUT2D eigenvalue weighted by atomic mass is 16.5. The van der Waals surface area contributed by atoms with Gasteiger partial charge in [-0.1, -0.05) is 42.5 Å². The fraction of sp³-hybridized carbons (Fsp3) is 0.111. The van der Waals surface area contributed by atoms with Gasteiger partial charge < -0.3 is 4.74 Å². The van der Waals surface area contributed by atoms with Gasteiger partial charge >= 0.3 is 5.56 Å². The van der Waals surface area contributed by atoms with Crippen LogP contribution in [-0.2, 0) is 0 Å². The molecular weight excluding hydrogens is 304 g/mol. The zero-order valence-electron chi connectivity index (χ0n) is 13.4. The van der Waals surface area contributed by atoms with E-state index in [0.29, 0.717) is 17.1 Å². The molecule has 0 amide bonds. The normalized spacial score (nSPS) is 10.9. The van der Waals surface area contributed by atoms with Crippen molar-refractivity contribution in [2.45, 2.75) is 6.92 Å². The van der Waals surface area contributed by atoms with Crippen LogP contribution in [0, 0.1) is 6.92 Å². The van der Waals surface area contributed by atoms with Crippen LogP contribution in [-0.4, -0.2) is 28.2 Å². The first-order valence-electron chi connectivity index (χ1n) is 7.40. The van der Waals surface area contributed by atoms with Crippen LogP contribution in [0.4, 0.5) is 0 Å². The summed E-state index contributed by atoms with van der Waals surface area (Å²) in [5.41, 5.74) is 1.42. The SMILES string of the molecule is COc1ccccc1C=Nn1c(C)nnc(-c2ccccc2)c1=O. The van der Waals surface area contributed by atoms with Crippen LogP contribution < -0.4 is 10.3 Å². The summed E-state index contributed by atoms with van der Waals surface area (Å²) in [5, 5.41) is 12.3. The van der Waals surface area contributed by atoms with Gasteiger partial charge in [0.2, 0.25) is 0 Å². The second kappa shape index (κ2) is 6.87. The van der Waals surface area contributed by atoms with Gasteiger partial charge in [0.1, 0.15) is 5.75 Å². The molecule has 0 saturated carbocycles. The number of ether oxygens (including phenoxy) is 1. The first kappa shape index (κ1) is 15.6. The minimum atomic E-state index is -0.320. The Balaban J connectivity index is 2.05. The number of benzene rings is 2. The van der Waals surface area contributed by atoms with Gasteiger partial charge in [0, 0.05) is 11.1 Å². The van der Waals surface area contributed by atoms with E-state index in [4.69, 9.17) is 4.74 Å². The summed E-state index contributed by atoms with van der Waals surface area (Å²) in [6, 6.07) is 16.6. The Morgan fingerprint density at radius 1 is 1.04 bits per heavy atom. The lowest BCUT2D eigenvalue weighted by atomic mass is 10.2. The number of aromatic nitrogens is 3. The van der Waals surface area contributed by atoms with Gasteiger partial charge in [0.25, 0.3) is 0 Å². The molecule has 6 nitrogen and oxygen atoms in total. The van der Waals surface area contributed by atoms with Crippen LogP contribution in [0.1, 0.15) is 11.4 Å². The summed E-state index contributed by atoms with van der Waals surface area (Å²) in [6.45, 7) is 1.68. The summed E-state index contributed by atoms with van der Waals surface area (Å²) < 4.78 is 6.52. The Morgan fingerprint density at radius 3 is 2.50 bits per heavy atom. The highest BCUT2D eigenvalue weighted by Crippen LogP contribution is 2.15. The van der Waals surface area contributed by atoms with Crippen LogP contribution in [0.25, 0.3) is 11.3 Å². The van der Waals surface area contributed by atoms with E-state index in [9.17, 15) is 4.79 Å². The summed E-state index contributed by atoms with van der Waals surface area (Å²) >= 11 is 0. The molecule has 1 aromatic heterocycles. The number of rotatable bonds is 4. The lowest BCUT2D eigenvalue weighted by Crippen LogP contribution is -2.24. The van der Waals surface area contributed by atoms with Gasteiger partial charge in [-0.15, -0.1) is 10.2 Å². The molecule has 0 aliphatic rings. The highest BCUT2D eigenvalue weighted by Gasteiger charge is 2.10. The Kier molecular flexibility index (Phi) is 4.47.